The maximum atomic E-state index is 12.8. The smallest absolute Gasteiger partial charge is 0.185 e. The largest absolute Gasteiger partial charge is 0.372 e. The van der Waals surface area contributed by atoms with Gasteiger partial charge in [0.1, 0.15) is 11.6 Å². The third kappa shape index (κ3) is 9.29. The van der Waals surface area contributed by atoms with E-state index in [4.69, 9.17) is 11.6 Å². The van der Waals surface area contributed by atoms with Crippen LogP contribution in [0.2, 0.25) is 5.02 Å². The van der Waals surface area contributed by atoms with Crippen molar-refractivity contribution in [1.82, 2.24) is 14.7 Å². The molecule has 0 bridgehead atoms. The molecule has 0 amide bonds. The number of hydrogen-bond acceptors (Lipinski definition) is 8. The highest BCUT2D eigenvalue weighted by Gasteiger charge is 2.17. The van der Waals surface area contributed by atoms with E-state index in [9.17, 15) is 8.42 Å². The van der Waals surface area contributed by atoms with Gasteiger partial charge in [0.05, 0.1) is 27.9 Å². The van der Waals surface area contributed by atoms with Crippen molar-refractivity contribution in [2.24, 2.45) is 4.99 Å². The normalized spacial score (nSPS) is 12.1. The molecule has 0 aliphatic rings. The van der Waals surface area contributed by atoms with Gasteiger partial charge >= 0.3 is 0 Å². The van der Waals surface area contributed by atoms with E-state index in [0.29, 0.717) is 34.6 Å². The van der Waals surface area contributed by atoms with Gasteiger partial charge in [0.25, 0.3) is 0 Å². The monoisotopic (exact) mass is 540 g/mol. The minimum atomic E-state index is -3.47. The maximum Gasteiger partial charge on any atom is 0.185 e. The van der Waals surface area contributed by atoms with E-state index in [1.165, 1.54) is 11.5 Å². The second kappa shape index (κ2) is 14.0. The highest BCUT2D eigenvalue weighted by Crippen LogP contribution is 2.18. The van der Waals surface area contributed by atoms with Crippen molar-refractivity contribution in [3.05, 3.63) is 76.5 Å². The Morgan fingerprint density at radius 2 is 1.88 bits per heavy atom. The van der Waals surface area contributed by atoms with E-state index < -0.39 is 9.84 Å². The lowest BCUT2D eigenvalue weighted by molar-refractivity contribution is 0.599. The first-order valence-electron chi connectivity index (χ1n) is 10.2. The number of rotatable bonds is 13. The summed E-state index contributed by atoms with van der Waals surface area (Å²) < 4.78 is 30.0. The highest BCUT2D eigenvalue weighted by molar-refractivity contribution is 7.98. The number of aliphatic imine (C=N–C) groups is 1. The molecule has 0 saturated heterocycles. The third-order valence-corrected chi connectivity index (χ3v) is 8.88. The number of nitrogens with zero attached hydrogens (tertiary/aromatic N) is 3. The van der Waals surface area contributed by atoms with Crippen LogP contribution in [0.1, 0.15) is 11.4 Å². The molecule has 0 atom stereocenters. The van der Waals surface area contributed by atoms with E-state index >= 15 is 0 Å². The number of pyridine rings is 1. The number of halogens is 1. The van der Waals surface area contributed by atoms with Gasteiger partial charge in [-0.25, -0.2) is 8.42 Å². The predicted molar refractivity (Wildman–Crippen MR) is 142 cm³/mol. The molecule has 2 aromatic heterocycles. The van der Waals surface area contributed by atoms with Gasteiger partial charge in [-0.15, -0.1) is 0 Å². The van der Waals surface area contributed by atoms with Crippen molar-refractivity contribution in [1.29, 1.82) is 0 Å². The molecule has 0 saturated carbocycles. The average Bonchev–Trinajstić information content (AvgIpc) is 3.33. The molecule has 2 heterocycles. The van der Waals surface area contributed by atoms with Gasteiger partial charge in [-0.05, 0) is 41.9 Å². The third-order valence-electron chi connectivity index (χ3n) is 4.36. The molecule has 176 valence electrons. The van der Waals surface area contributed by atoms with Crippen LogP contribution in [0.15, 0.2) is 70.0 Å². The SMILES string of the molecule is O=S(=O)(CC(=NCCSCc1ncccc1Cl)NCCSCc1ccsn1)c1ccccc1. The number of amidine groups is 1. The molecule has 1 N–H and O–H groups in total. The van der Waals surface area contributed by atoms with Gasteiger partial charge in [-0.2, -0.15) is 27.9 Å². The Balaban J connectivity index is 1.52. The van der Waals surface area contributed by atoms with Crippen molar-refractivity contribution in [3.8, 4) is 0 Å². The lowest BCUT2D eigenvalue weighted by Crippen LogP contribution is -2.32. The predicted octanol–water partition coefficient (Wildman–Crippen LogP) is 4.82. The summed E-state index contributed by atoms with van der Waals surface area (Å²) in [5.41, 5.74) is 1.91. The summed E-state index contributed by atoms with van der Waals surface area (Å²) in [4.78, 5) is 9.15. The van der Waals surface area contributed by atoms with Gasteiger partial charge in [0.15, 0.2) is 9.84 Å². The van der Waals surface area contributed by atoms with Crippen LogP contribution < -0.4 is 5.32 Å². The van der Waals surface area contributed by atoms with E-state index in [2.05, 4.69) is 19.7 Å². The quantitative estimate of drug-likeness (QED) is 0.189. The van der Waals surface area contributed by atoms with Crippen molar-refractivity contribution in [2.45, 2.75) is 16.4 Å². The average molecular weight is 541 g/mol. The Bertz CT molecular complexity index is 1110. The molecule has 3 aromatic rings. The van der Waals surface area contributed by atoms with Crippen molar-refractivity contribution in [2.75, 3.05) is 30.3 Å². The molecule has 0 fully saturated rings. The van der Waals surface area contributed by atoms with Crippen LogP contribution in [-0.4, -0.2) is 54.0 Å². The Kier molecular flexibility index (Phi) is 11.0. The van der Waals surface area contributed by atoms with Gasteiger partial charge in [-0.3, -0.25) is 9.98 Å². The minimum Gasteiger partial charge on any atom is -0.372 e. The number of aromatic nitrogens is 2. The minimum absolute atomic E-state index is 0.148. The first-order valence-corrected chi connectivity index (χ1v) is 15.4. The fourth-order valence-corrected chi connectivity index (χ4v) is 6.47. The summed E-state index contributed by atoms with van der Waals surface area (Å²) in [6.07, 6.45) is 1.73. The molecule has 6 nitrogen and oxygen atoms in total. The highest BCUT2D eigenvalue weighted by atomic mass is 35.5. The molecule has 1 aromatic carbocycles. The van der Waals surface area contributed by atoms with Gasteiger partial charge < -0.3 is 5.32 Å². The van der Waals surface area contributed by atoms with Crippen LogP contribution in [0.25, 0.3) is 0 Å². The number of nitrogens with one attached hydrogen (secondary N) is 1. The zero-order chi connectivity index (χ0) is 23.4. The van der Waals surface area contributed by atoms with Crippen LogP contribution in [0.4, 0.5) is 0 Å². The molecule has 11 heteroatoms. The van der Waals surface area contributed by atoms with Crippen LogP contribution >= 0.6 is 46.7 Å². The summed E-state index contributed by atoms with van der Waals surface area (Å²) >= 11 is 11.0. The molecule has 33 heavy (non-hydrogen) atoms. The van der Waals surface area contributed by atoms with Crippen LogP contribution in [0.5, 0.6) is 0 Å². The molecule has 3 rings (SSSR count). The van der Waals surface area contributed by atoms with Crippen LogP contribution in [-0.2, 0) is 21.3 Å². The fourth-order valence-electron chi connectivity index (χ4n) is 2.74. The number of sulfone groups is 1. The first-order chi connectivity index (χ1) is 16.0. The second-order valence-corrected chi connectivity index (χ2v) is 12.1. The van der Waals surface area contributed by atoms with Gasteiger partial charge in [0, 0.05) is 41.1 Å². The maximum absolute atomic E-state index is 12.8. The van der Waals surface area contributed by atoms with Crippen molar-refractivity contribution < 1.29 is 8.42 Å². The Morgan fingerprint density at radius 3 is 2.64 bits per heavy atom. The van der Waals surface area contributed by atoms with E-state index in [1.807, 2.05) is 17.5 Å². The zero-order valence-electron chi connectivity index (χ0n) is 17.9. The number of hydrogen-bond donors (Lipinski definition) is 1. The fraction of sp³-hybridized carbons (Fsp3) is 0.318. The summed E-state index contributed by atoms with van der Waals surface area (Å²) in [5.74, 6) is 3.44. The summed E-state index contributed by atoms with van der Waals surface area (Å²) in [6.45, 7) is 1.14. The van der Waals surface area contributed by atoms with E-state index in [-0.39, 0.29) is 5.75 Å². The van der Waals surface area contributed by atoms with Crippen LogP contribution in [0, 0.1) is 0 Å². The zero-order valence-corrected chi connectivity index (χ0v) is 21.9. The van der Waals surface area contributed by atoms with Gasteiger partial charge in [0.2, 0.25) is 0 Å². The number of thioether (sulfide) groups is 2. The molecule has 0 aliphatic heterocycles. The summed E-state index contributed by atoms with van der Waals surface area (Å²) in [5, 5.41) is 5.85. The van der Waals surface area contributed by atoms with Crippen molar-refractivity contribution in [3.63, 3.8) is 0 Å². The topological polar surface area (TPSA) is 84.3 Å². The van der Waals surface area contributed by atoms with E-state index in [0.717, 1.165) is 28.6 Å². The first kappa shape index (κ1) is 26.0. The molecular weight excluding hydrogens is 516 g/mol. The lowest BCUT2D eigenvalue weighted by Gasteiger charge is -2.11. The Labute approximate surface area is 212 Å². The van der Waals surface area contributed by atoms with Gasteiger partial charge in [-0.1, -0.05) is 29.8 Å². The number of benzene rings is 1. The Hall–Kier alpha value is -1.59. The summed E-state index contributed by atoms with van der Waals surface area (Å²) in [6, 6.07) is 14.1. The molecule has 0 radical (unpaired) electrons. The van der Waals surface area contributed by atoms with E-state index in [1.54, 1.807) is 66.1 Å². The molecular formula is C22H25ClN4O2S4. The molecule has 0 unspecified atom stereocenters. The van der Waals surface area contributed by atoms with Crippen molar-refractivity contribution >= 4 is 62.3 Å². The molecule has 0 spiro atoms. The lowest BCUT2D eigenvalue weighted by atomic mass is 10.4. The Morgan fingerprint density at radius 1 is 1.06 bits per heavy atom. The van der Waals surface area contributed by atoms with Crippen LogP contribution in [0.3, 0.4) is 0 Å². The molecule has 0 aliphatic carbocycles. The second-order valence-electron chi connectivity index (χ2n) is 6.86. The standard InChI is InChI=1S/C22H25ClN4O2S4/c23-20-7-4-9-24-21(20)16-31-14-11-26-22(17-33(28,29)19-5-2-1-3-6-19)25-10-13-30-15-18-8-12-32-27-18/h1-9,12H,10-11,13-17H2,(H,25,26). The summed E-state index contributed by atoms with van der Waals surface area (Å²) in [7, 11) is -3.47.